The highest BCUT2D eigenvalue weighted by Gasteiger charge is 2.44. The lowest BCUT2D eigenvalue weighted by atomic mass is 9.95. The molecule has 0 aliphatic heterocycles. The number of ketones is 1. The van der Waals surface area contributed by atoms with Crippen LogP contribution in [0.25, 0.3) is 0 Å². The van der Waals surface area contributed by atoms with E-state index < -0.39 is 41.8 Å². The fourth-order valence-corrected chi connectivity index (χ4v) is 8.56. The van der Waals surface area contributed by atoms with Gasteiger partial charge in [-0.2, -0.15) is 0 Å². The number of benzene rings is 4. The van der Waals surface area contributed by atoms with Gasteiger partial charge in [-0.25, -0.2) is 9.59 Å². The van der Waals surface area contributed by atoms with Gasteiger partial charge in [-0.1, -0.05) is 91.9 Å². The normalized spacial score (nSPS) is 12.7. The summed E-state index contributed by atoms with van der Waals surface area (Å²) in [4.78, 5) is 66.4. The van der Waals surface area contributed by atoms with Crippen molar-refractivity contribution in [3.63, 3.8) is 0 Å². The first-order chi connectivity index (χ1) is 23.2. The third-order valence-electron chi connectivity index (χ3n) is 8.26. The maximum atomic E-state index is 15.0. The largest absolute Gasteiger partial charge is 0.462 e. The number of hydrogen-bond donors (Lipinski definition) is 0. The SMILES string of the molecule is C=CC(=O)OCC(C)C(=O)c1ccccc1C(=O)OCc1cc(C)c(C(=O)P(=O)(C(=O)c2c(C)cc(C)cc2C)c2ccccc2)c(C)c1. The molecule has 0 N–H and O–H groups in total. The maximum Gasteiger partial charge on any atom is 0.339 e. The van der Waals surface area contributed by atoms with Crippen molar-refractivity contribution >= 4 is 41.2 Å². The van der Waals surface area contributed by atoms with Crippen LogP contribution in [0.3, 0.4) is 0 Å². The Kier molecular flexibility index (Phi) is 11.5. The minimum Gasteiger partial charge on any atom is -0.462 e. The third-order valence-corrected chi connectivity index (χ3v) is 10.9. The van der Waals surface area contributed by atoms with Gasteiger partial charge in [0.25, 0.3) is 0 Å². The van der Waals surface area contributed by atoms with Crippen molar-refractivity contribution in [2.75, 3.05) is 6.61 Å². The first-order valence-electron chi connectivity index (χ1n) is 15.7. The molecule has 0 aliphatic rings. The molecule has 0 heterocycles. The number of rotatable bonds is 13. The molecule has 0 aliphatic carbocycles. The second kappa shape index (κ2) is 15.3. The first-order valence-corrected chi connectivity index (χ1v) is 17.4. The van der Waals surface area contributed by atoms with Crippen LogP contribution in [0.15, 0.2) is 91.5 Å². The monoisotopic (exact) mass is 678 g/mol. The van der Waals surface area contributed by atoms with Gasteiger partial charge in [-0.15, -0.1) is 0 Å². The van der Waals surface area contributed by atoms with Crippen molar-refractivity contribution in [3.8, 4) is 0 Å². The van der Waals surface area contributed by atoms with Gasteiger partial charge >= 0.3 is 11.9 Å². The van der Waals surface area contributed by atoms with Crippen LogP contribution in [0.1, 0.15) is 81.7 Å². The average Bonchev–Trinajstić information content (AvgIpc) is 3.08. The summed E-state index contributed by atoms with van der Waals surface area (Å²) in [5, 5.41) is 0.155. The lowest BCUT2D eigenvalue weighted by Crippen LogP contribution is -2.23. The van der Waals surface area contributed by atoms with Gasteiger partial charge in [-0.05, 0) is 68.5 Å². The Bertz CT molecular complexity index is 1980. The molecule has 252 valence electrons. The van der Waals surface area contributed by atoms with Gasteiger partial charge in [0.05, 0.1) is 11.5 Å². The second-order valence-corrected chi connectivity index (χ2v) is 14.7. The van der Waals surface area contributed by atoms with E-state index in [1.54, 1.807) is 89.2 Å². The lowest BCUT2D eigenvalue weighted by Gasteiger charge is -2.21. The molecular formula is C40H39O8P. The quantitative estimate of drug-likeness (QED) is 0.0608. The number of carbonyl (C=O) groups excluding carboxylic acids is 5. The molecule has 4 aromatic carbocycles. The zero-order chi connectivity index (χ0) is 36.0. The van der Waals surface area contributed by atoms with Crippen molar-refractivity contribution < 1.29 is 38.0 Å². The second-order valence-electron chi connectivity index (χ2n) is 12.2. The molecule has 8 nitrogen and oxygen atoms in total. The van der Waals surface area contributed by atoms with Crippen molar-refractivity contribution in [1.82, 2.24) is 0 Å². The Balaban J connectivity index is 1.62. The van der Waals surface area contributed by atoms with E-state index in [-0.39, 0.29) is 40.8 Å². The number of ether oxygens (including phenoxy) is 2. The Morgan fingerprint density at radius 1 is 0.714 bits per heavy atom. The summed E-state index contributed by atoms with van der Waals surface area (Å²) in [5.74, 6) is -2.51. The molecule has 0 amide bonds. The fourth-order valence-electron chi connectivity index (χ4n) is 5.98. The van der Waals surface area contributed by atoms with Crippen molar-refractivity contribution in [1.29, 1.82) is 0 Å². The fraction of sp³-hybridized carbons (Fsp3) is 0.225. The highest BCUT2D eigenvalue weighted by atomic mass is 31.2. The maximum absolute atomic E-state index is 15.0. The summed E-state index contributed by atoms with van der Waals surface area (Å²) in [5.41, 5.74) is 2.88. The number of carbonyl (C=O) groups is 5. The van der Waals surface area contributed by atoms with Crippen LogP contribution < -0.4 is 5.30 Å². The number of esters is 2. The Morgan fingerprint density at radius 2 is 1.20 bits per heavy atom. The molecular weight excluding hydrogens is 639 g/mol. The highest BCUT2D eigenvalue weighted by Crippen LogP contribution is 2.52. The predicted octanol–water partition coefficient (Wildman–Crippen LogP) is 7.80. The molecule has 0 bridgehead atoms. The van der Waals surface area contributed by atoms with Crippen LogP contribution in [0, 0.1) is 40.5 Å². The van der Waals surface area contributed by atoms with E-state index in [0.717, 1.165) is 11.6 Å². The number of hydrogen-bond acceptors (Lipinski definition) is 8. The summed E-state index contributed by atoms with van der Waals surface area (Å²) in [6.45, 7) is 13.4. The van der Waals surface area contributed by atoms with Gasteiger partial charge in [-0.3, -0.25) is 14.4 Å². The molecule has 2 unspecified atom stereocenters. The molecule has 0 fully saturated rings. The molecule has 2 atom stereocenters. The molecule has 0 saturated carbocycles. The van der Waals surface area contributed by atoms with Crippen LogP contribution in [0.2, 0.25) is 0 Å². The Hall–Kier alpha value is -5.20. The summed E-state index contributed by atoms with van der Waals surface area (Å²) >= 11 is 0. The molecule has 0 radical (unpaired) electrons. The zero-order valence-electron chi connectivity index (χ0n) is 28.5. The van der Waals surface area contributed by atoms with E-state index >= 15 is 0 Å². The summed E-state index contributed by atoms with van der Waals surface area (Å²) in [6, 6.07) is 21.3. The number of aryl methyl sites for hydroxylation is 5. The van der Waals surface area contributed by atoms with Gasteiger partial charge < -0.3 is 14.0 Å². The van der Waals surface area contributed by atoms with E-state index in [4.69, 9.17) is 9.47 Å². The molecule has 49 heavy (non-hydrogen) atoms. The van der Waals surface area contributed by atoms with Gasteiger partial charge in [0.1, 0.15) is 13.2 Å². The number of Topliss-reactive ketones (excluding diaryl/α,β-unsaturated/α-hetero) is 1. The van der Waals surface area contributed by atoms with E-state index in [1.165, 1.54) is 12.1 Å². The lowest BCUT2D eigenvalue weighted by molar-refractivity contribution is -0.138. The highest BCUT2D eigenvalue weighted by molar-refractivity contribution is 8.01. The standard InChI is InChI=1S/C40H39O8P/c1-8-34(41)47-22-29(7)37(42)32-16-12-13-17-33(32)38(43)48-23-30-20-27(5)36(28(6)21-30)40(45)49(46,31-14-10-9-11-15-31)39(44)35-25(3)18-24(2)19-26(35)4/h8-21,29H,1,22-23H2,2-7H3. The molecule has 4 aromatic rings. The van der Waals surface area contributed by atoms with Crippen LogP contribution in [-0.4, -0.2) is 35.4 Å². The molecule has 4 rings (SSSR count). The van der Waals surface area contributed by atoms with E-state index in [0.29, 0.717) is 27.8 Å². The molecule has 9 heteroatoms. The summed E-state index contributed by atoms with van der Waals surface area (Å²) in [7, 11) is -4.37. The topological polar surface area (TPSA) is 121 Å². The average molecular weight is 679 g/mol. The first kappa shape index (κ1) is 36.6. The third kappa shape index (κ3) is 7.76. The minimum absolute atomic E-state index is 0.0543. The minimum atomic E-state index is -4.37. The molecule has 0 aromatic heterocycles. The van der Waals surface area contributed by atoms with E-state index in [1.807, 2.05) is 19.1 Å². The van der Waals surface area contributed by atoms with Crippen LogP contribution in [0.4, 0.5) is 0 Å². The zero-order valence-corrected chi connectivity index (χ0v) is 29.4. The van der Waals surface area contributed by atoms with Crippen molar-refractivity contribution in [2.24, 2.45) is 5.92 Å². The van der Waals surface area contributed by atoms with E-state index in [9.17, 15) is 28.5 Å². The van der Waals surface area contributed by atoms with E-state index in [2.05, 4.69) is 6.58 Å². The van der Waals surface area contributed by atoms with Gasteiger partial charge in [0, 0.05) is 28.1 Å². The van der Waals surface area contributed by atoms with Crippen LogP contribution in [0.5, 0.6) is 0 Å². The van der Waals surface area contributed by atoms with Crippen molar-refractivity contribution in [2.45, 2.75) is 48.1 Å². The molecule has 0 spiro atoms. The Morgan fingerprint density at radius 3 is 1.73 bits per heavy atom. The Labute approximate surface area is 286 Å². The smallest absolute Gasteiger partial charge is 0.339 e. The molecule has 0 saturated heterocycles. The van der Waals surface area contributed by atoms with Gasteiger partial charge in [0.15, 0.2) is 5.78 Å². The van der Waals surface area contributed by atoms with Crippen LogP contribution in [-0.2, 0) is 25.4 Å². The predicted molar refractivity (Wildman–Crippen MR) is 189 cm³/mol. The van der Waals surface area contributed by atoms with Crippen LogP contribution >= 0.6 is 7.14 Å². The summed E-state index contributed by atoms with van der Waals surface area (Å²) in [6.07, 6.45) is 1.00. The summed E-state index contributed by atoms with van der Waals surface area (Å²) < 4.78 is 25.6. The van der Waals surface area contributed by atoms with Gasteiger partial charge in [0.2, 0.25) is 18.2 Å². The van der Waals surface area contributed by atoms with Crippen molar-refractivity contribution in [3.05, 3.63) is 147 Å².